The first kappa shape index (κ1) is 21.7. The zero-order valence-corrected chi connectivity index (χ0v) is 18.5. The van der Waals surface area contributed by atoms with Crippen LogP contribution in [0.4, 0.5) is 0 Å². The molecule has 1 unspecified atom stereocenters. The third kappa shape index (κ3) is 5.02. The topological polar surface area (TPSA) is 59.6 Å². The van der Waals surface area contributed by atoms with Crippen LogP contribution in [-0.4, -0.2) is 51.5 Å². The summed E-state index contributed by atoms with van der Waals surface area (Å²) in [6.45, 7) is 7.66. The van der Waals surface area contributed by atoms with E-state index in [1.165, 1.54) is 0 Å². The van der Waals surface area contributed by atoms with E-state index in [4.69, 9.17) is 4.74 Å². The highest BCUT2D eigenvalue weighted by molar-refractivity contribution is 5.76. The first-order valence-corrected chi connectivity index (χ1v) is 11.3. The van der Waals surface area contributed by atoms with Crippen molar-refractivity contribution in [2.75, 3.05) is 26.2 Å². The molecule has 1 atom stereocenters. The zero-order valence-electron chi connectivity index (χ0n) is 18.5. The number of rotatable bonds is 8. The first-order chi connectivity index (χ1) is 15.0. The van der Waals surface area contributed by atoms with Crippen LogP contribution in [-0.2, 0) is 6.54 Å². The lowest BCUT2D eigenvalue weighted by molar-refractivity contribution is 0.0537. The number of aliphatic hydroxyl groups is 1. The van der Waals surface area contributed by atoms with Crippen molar-refractivity contribution in [1.82, 2.24) is 14.0 Å². The van der Waals surface area contributed by atoms with E-state index >= 15 is 0 Å². The highest BCUT2D eigenvalue weighted by Crippen LogP contribution is 2.23. The minimum Gasteiger partial charge on any atom is -0.491 e. The van der Waals surface area contributed by atoms with Gasteiger partial charge in [0.25, 0.3) is 0 Å². The van der Waals surface area contributed by atoms with Crippen LogP contribution in [0.2, 0.25) is 0 Å². The smallest absolute Gasteiger partial charge is 0.329 e. The minimum atomic E-state index is -0.511. The predicted octanol–water partition coefficient (Wildman–Crippen LogP) is 3.54. The molecule has 166 valence electrons. The number of imidazole rings is 1. The number of piperidine rings is 1. The molecule has 6 heteroatoms. The fraction of sp³-hybridized carbons (Fsp3) is 0.480. The molecule has 0 spiro atoms. The summed E-state index contributed by atoms with van der Waals surface area (Å²) in [6, 6.07) is 17.8. The highest BCUT2D eigenvalue weighted by atomic mass is 16.5. The zero-order chi connectivity index (χ0) is 21.8. The fourth-order valence-electron chi connectivity index (χ4n) is 4.58. The summed E-state index contributed by atoms with van der Waals surface area (Å²) in [7, 11) is 0. The van der Waals surface area contributed by atoms with Crippen LogP contribution in [0.25, 0.3) is 11.0 Å². The van der Waals surface area contributed by atoms with Crippen LogP contribution in [0.15, 0.2) is 59.4 Å². The lowest BCUT2D eigenvalue weighted by atomic mass is 9.96. The number of fused-ring (bicyclic) bond motifs is 1. The Balaban J connectivity index is 1.32. The Morgan fingerprint density at radius 3 is 2.32 bits per heavy atom. The molecule has 1 aromatic heterocycles. The van der Waals surface area contributed by atoms with Crippen LogP contribution in [0.5, 0.6) is 5.75 Å². The van der Waals surface area contributed by atoms with Crippen molar-refractivity contribution in [2.45, 2.75) is 45.4 Å². The third-order valence-electron chi connectivity index (χ3n) is 6.19. The molecule has 2 heterocycles. The average molecular weight is 424 g/mol. The van der Waals surface area contributed by atoms with Crippen molar-refractivity contribution >= 4 is 11.0 Å². The van der Waals surface area contributed by atoms with Crippen LogP contribution in [0, 0.1) is 5.92 Å². The van der Waals surface area contributed by atoms with Crippen LogP contribution in [0.1, 0.15) is 32.7 Å². The number of para-hydroxylation sites is 3. The first-order valence-electron chi connectivity index (χ1n) is 11.3. The van der Waals surface area contributed by atoms with Gasteiger partial charge in [-0.05, 0) is 70.0 Å². The van der Waals surface area contributed by atoms with Crippen molar-refractivity contribution < 1.29 is 9.84 Å². The molecule has 1 aliphatic heterocycles. The molecule has 1 saturated heterocycles. The quantitative estimate of drug-likeness (QED) is 0.602. The van der Waals surface area contributed by atoms with E-state index in [-0.39, 0.29) is 11.7 Å². The third-order valence-corrected chi connectivity index (χ3v) is 6.19. The van der Waals surface area contributed by atoms with Gasteiger partial charge in [0.1, 0.15) is 18.5 Å². The van der Waals surface area contributed by atoms with Crippen molar-refractivity contribution in [2.24, 2.45) is 5.92 Å². The van der Waals surface area contributed by atoms with E-state index in [0.29, 0.717) is 19.1 Å². The van der Waals surface area contributed by atoms with Crippen LogP contribution >= 0.6 is 0 Å². The number of aliphatic hydroxyl groups excluding tert-OH is 1. The molecular formula is C25H33N3O3. The molecule has 1 aliphatic rings. The standard InChI is InChI=1S/C25H33N3O3/c1-19(2)28-24-11-7-6-10-23(24)27(25(28)30)16-20-12-14-26(15-13-20)17-21(29)18-31-22-8-4-3-5-9-22/h3-11,19-21,29H,12-18H2,1-2H3. The van der Waals surface area contributed by atoms with Gasteiger partial charge >= 0.3 is 5.69 Å². The molecule has 0 radical (unpaired) electrons. The predicted molar refractivity (Wildman–Crippen MR) is 124 cm³/mol. The second-order valence-corrected chi connectivity index (χ2v) is 8.87. The van der Waals surface area contributed by atoms with E-state index in [1.54, 1.807) is 0 Å². The molecule has 0 aliphatic carbocycles. The summed E-state index contributed by atoms with van der Waals surface area (Å²) in [5.74, 6) is 1.25. The molecule has 2 aromatic carbocycles. The summed E-state index contributed by atoms with van der Waals surface area (Å²) in [6.07, 6.45) is 1.54. The Hall–Kier alpha value is -2.57. The lowest BCUT2D eigenvalue weighted by Crippen LogP contribution is -2.41. The van der Waals surface area contributed by atoms with Crippen molar-refractivity contribution in [1.29, 1.82) is 0 Å². The Morgan fingerprint density at radius 2 is 1.65 bits per heavy atom. The van der Waals surface area contributed by atoms with E-state index in [0.717, 1.165) is 49.3 Å². The number of ether oxygens (including phenoxy) is 1. The molecule has 6 nitrogen and oxygen atoms in total. The molecule has 3 aromatic rings. The van der Waals surface area contributed by atoms with Gasteiger partial charge in [-0.3, -0.25) is 9.13 Å². The molecule has 0 amide bonds. The number of hydrogen-bond acceptors (Lipinski definition) is 4. The summed E-state index contributed by atoms with van der Waals surface area (Å²) >= 11 is 0. The van der Waals surface area contributed by atoms with Crippen molar-refractivity contribution in [3.05, 3.63) is 65.1 Å². The maximum atomic E-state index is 13.1. The Bertz CT molecular complexity index is 1030. The average Bonchev–Trinajstić information content (AvgIpc) is 3.06. The van der Waals surface area contributed by atoms with Gasteiger partial charge in [-0.1, -0.05) is 30.3 Å². The Labute approximate surface area is 183 Å². The number of likely N-dealkylation sites (tertiary alicyclic amines) is 1. The Morgan fingerprint density at radius 1 is 1.00 bits per heavy atom. The summed E-state index contributed by atoms with van der Waals surface area (Å²) in [4.78, 5) is 15.4. The van der Waals surface area contributed by atoms with Gasteiger partial charge < -0.3 is 14.7 Å². The number of nitrogens with zero attached hydrogens (tertiary/aromatic N) is 3. The molecule has 1 fully saturated rings. The van der Waals surface area contributed by atoms with Gasteiger partial charge in [-0.2, -0.15) is 0 Å². The maximum Gasteiger partial charge on any atom is 0.329 e. The molecule has 31 heavy (non-hydrogen) atoms. The summed E-state index contributed by atoms with van der Waals surface area (Å²) in [5.41, 5.74) is 2.13. The van der Waals surface area contributed by atoms with E-state index in [9.17, 15) is 9.90 Å². The Kier molecular flexibility index (Phi) is 6.78. The van der Waals surface area contributed by atoms with Crippen molar-refractivity contribution in [3.63, 3.8) is 0 Å². The highest BCUT2D eigenvalue weighted by Gasteiger charge is 2.24. The van der Waals surface area contributed by atoms with E-state index in [2.05, 4.69) is 18.7 Å². The maximum absolute atomic E-state index is 13.1. The van der Waals surface area contributed by atoms with E-state index in [1.807, 2.05) is 63.7 Å². The van der Waals surface area contributed by atoms with Gasteiger partial charge in [0, 0.05) is 19.1 Å². The minimum absolute atomic E-state index is 0.0899. The SMILES string of the molecule is CC(C)n1c(=O)n(CC2CCN(CC(O)COc3ccccc3)CC2)c2ccccc21. The summed E-state index contributed by atoms with van der Waals surface area (Å²) < 4.78 is 9.52. The number of benzene rings is 2. The molecule has 4 rings (SSSR count). The molecular weight excluding hydrogens is 390 g/mol. The molecule has 1 N–H and O–H groups in total. The number of β-amino-alcohol motifs (C(OH)–C–C–N with tert-alkyl or cyclic N) is 1. The van der Waals surface area contributed by atoms with Gasteiger partial charge in [0.15, 0.2) is 0 Å². The van der Waals surface area contributed by atoms with Crippen LogP contribution in [0.3, 0.4) is 0 Å². The lowest BCUT2D eigenvalue weighted by Gasteiger charge is -2.33. The van der Waals surface area contributed by atoms with Gasteiger partial charge in [0.2, 0.25) is 0 Å². The number of aromatic nitrogens is 2. The monoisotopic (exact) mass is 423 g/mol. The normalized spacial score (nSPS) is 16.8. The fourth-order valence-corrected chi connectivity index (χ4v) is 4.58. The largest absolute Gasteiger partial charge is 0.491 e. The van der Waals surface area contributed by atoms with Gasteiger partial charge in [0.05, 0.1) is 11.0 Å². The molecule has 0 saturated carbocycles. The van der Waals surface area contributed by atoms with Crippen molar-refractivity contribution in [3.8, 4) is 5.75 Å². The second kappa shape index (κ2) is 9.71. The summed E-state index contributed by atoms with van der Waals surface area (Å²) in [5, 5.41) is 10.4. The number of hydrogen-bond donors (Lipinski definition) is 1. The van der Waals surface area contributed by atoms with E-state index < -0.39 is 6.10 Å². The van der Waals surface area contributed by atoms with Gasteiger partial charge in [-0.15, -0.1) is 0 Å². The molecule has 0 bridgehead atoms. The van der Waals surface area contributed by atoms with Gasteiger partial charge in [-0.25, -0.2) is 4.79 Å². The van der Waals surface area contributed by atoms with Crippen LogP contribution < -0.4 is 10.4 Å². The second-order valence-electron chi connectivity index (χ2n) is 8.87.